The van der Waals surface area contributed by atoms with Crippen LogP contribution in [0, 0.1) is 12.7 Å². The van der Waals surface area contributed by atoms with E-state index >= 15 is 0 Å². The molecule has 0 radical (unpaired) electrons. The molecule has 0 fully saturated rings. The first-order valence-corrected chi connectivity index (χ1v) is 5.49. The Hall–Kier alpha value is -2.23. The molecule has 92 valence electrons. The number of hydrogen-bond acceptors (Lipinski definition) is 3. The van der Waals surface area contributed by atoms with Crippen molar-refractivity contribution in [1.82, 2.24) is 4.98 Å². The Balaban J connectivity index is 2.13. The number of halogens is 1. The number of aldehydes is 1. The summed E-state index contributed by atoms with van der Waals surface area (Å²) < 4.78 is 18.4. The Morgan fingerprint density at radius 1 is 1.33 bits per heavy atom. The number of carbonyl (C=O) groups excluding carboxylic acids is 1. The molecule has 0 bridgehead atoms. The van der Waals surface area contributed by atoms with Crippen LogP contribution < -0.4 is 4.74 Å². The van der Waals surface area contributed by atoms with Gasteiger partial charge in [0.05, 0.1) is 11.3 Å². The average molecular weight is 245 g/mol. The Morgan fingerprint density at radius 2 is 2.17 bits per heavy atom. The third-order valence-electron chi connectivity index (χ3n) is 2.42. The van der Waals surface area contributed by atoms with E-state index in [4.69, 9.17) is 4.74 Å². The van der Waals surface area contributed by atoms with Gasteiger partial charge in [0.25, 0.3) is 0 Å². The number of aromatic nitrogens is 1. The highest BCUT2D eigenvalue weighted by Gasteiger charge is 2.05. The number of carbonyl (C=O) groups is 1. The van der Waals surface area contributed by atoms with Crippen LogP contribution in [0.1, 0.15) is 21.7 Å². The van der Waals surface area contributed by atoms with E-state index in [1.54, 1.807) is 0 Å². The van der Waals surface area contributed by atoms with Crippen LogP contribution in [0.25, 0.3) is 0 Å². The number of pyridine rings is 1. The topological polar surface area (TPSA) is 39.2 Å². The largest absolute Gasteiger partial charge is 0.487 e. The van der Waals surface area contributed by atoms with Gasteiger partial charge in [0.2, 0.25) is 0 Å². The number of aryl methyl sites for hydroxylation is 1. The molecule has 0 amide bonds. The molecular formula is C14H12FNO2. The predicted molar refractivity (Wildman–Crippen MR) is 65.1 cm³/mol. The molecule has 1 aromatic carbocycles. The SMILES string of the molecule is Cc1cccc(COc2ccc(F)cc2C=O)n1. The number of rotatable bonds is 4. The maximum Gasteiger partial charge on any atom is 0.153 e. The van der Waals surface area contributed by atoms with Crippen LogP contribution in [0.4, 0.5) is 4.39 Å². The van der Waals surface area contributed by atoms with Crippen LogP contribution in [0.2, 0.25) is 0 Å². The first-order valence-electron chi connectivity index (χ1n) is 5.49. The number of benzene rings is 1. The molecule has 0 atom stereocenters. The molecular weight excluding hydrogens is 233 g/mol. The molecule has 0 aliphatic heterocycles. The van der Waals surface area contributed by atoms with E-state index in [0.29, 0.717) is 12.0 Å². The summed E-state index contributed by atoms with van der Waals surface area (Å²) in [5, 5.41) is 0. The van der Waals surface area contributed by atoms with Crippen molar-refractivity contribution in [1.29, 1.82) is 0 Å². The van der Waals surface area contributed by atoms with Gasteiger partial charge >= 0.3 is 0 Å². The molecule has 2 rings (SSSR count). The lowest BCUT2D eigenvalue weighted by molar-refractivity contribution is 0.111. The van der Waals surface area contributed by atoms with Gasteiger partial charge in [-0.05, 0) is 37.3 Å². The zero-order valence-electron chi connectivity index (χ0n) is 9.89. The summed E-state index contributed by atoms with van der Waals surface area (Å²) in [6, 6.07) is 9.44. The first kappa shape index (κ1) is 12.2. The highest BCUT2D eigenvalue weighted by molar-refractivity contribution is 5.79. The van der Waals surface area contributed by atoms with Gasteiger partial charge in [-0.15, -0.1) is 0 Å². The van der Waals surface area contributed by atoms with E-state index in [-0.39, 0.29) is 12.2 Å². The Labute approximate surface area is 104 Å². The van der Waals surface area contributed by atoms with Gasteiger partial charge in [0, 0.05) is 5.69 Å². The zero-order chi connectivity index (χ0) is 13.0. The smallest absolute Gasteiger partial charge is 0.153 e. The van der Waals surface area contributed by atoms with Gasteiger partial charge < -0.3 is 4.74 Å². The molecule has 2 aromatic rings. The van der Waals surface area contributed by atoms with E-state index < -0.39 is 5.82 Å². The summed E-state index contributed by atoms with van der Waals surface area (Å²) in [5.41, 5.74) is 1.85. The third kappa shape index (κ3) is 2.91. The second kappa shape index (κ2) is 5.40. The minimum Gasteiger partial charge on any atom is -0.487 e. The van der Waals surface area contributed by atoms with E-state index in [0.717, 1.165) is 17.5 Å². The summed E-state index contributed by atoms with van der Waals surface area (Å²) in [5.74, 6) is -0.104. The van der Waals surface area contributed by atoms with Gasteiger partial charge in [-0.25, -0.2) is 4.39 Å². The Morgan fingerprint density at radius 3 is 2.89 bits per heavy atom. The van der Waals surface area contributed by atoms with Gasteiger partial charge in [-0.2, -0.15) is 0 Å². The summed E-state index contributed by atoms with van der Waals surface area (Å²) in [6.07, 6.45) is 0.572. The lowest BCUT2D eigenvalue weighted by Gasteiger charge is -2.08. The van der Waals surface area contributed by atoms with E-state index in [1.807, 2.05) is 25.1 Å². The Kier molecular flexibility index (Phi) is 3.67. The molecule has 0 aliphatic carbocycles. The van der Waals surface area contributed by atoms with E-state index in [2.05, 4.69) is 4.98 Å². The van der Waals surface area contributed by atoms with E-state index in [9.17, 15) is 9.18 Å². The summed E-state index contributed by atoms with van der Waals surface area (Å²) in [7, 11) is 0. The van der Waals surface area contributed by atoms with Gasteiger partial charge in [0.1, 0.15) is 18.2 Å². The number of nitrogens with zero attached hydrogens (tertiary/aromatic N) is 1. The van der Waals surface area contributed by atoms with Crippen molar-refractivity contribution in [3.63, 3.8) is 0 Å². The minimum absolute atomic E-state index is 0.197. The van der Waals surface area contributed by atoms with Crippen molar-refractivity contribution in [3.05, 3.63) is 59.2 Å². The van der Waals surface area contributed by atoms with Crippen molar-refractivity contribution in [2.24, 2.45) is 0 Å². The molecule has 0 N–H and O–H groups in total. The molecule has 0 saturated heterocycles. The van der Waals surface area contributed by atoms with Crippen LogP contribution in [-0.2, 0) is 6.61 Å². The molecule has 3 nitrogen and oxygen atoms in total. The highest BCUT2D eigenvalue weighted by atomic mass is 19.1. The maximum absolute atomic E-state index is 12.9. The van der Waals surface area contributed by atoms with Gasteiger partial charge in [0.15, 0.2) is 6.29 Å². The van der Waals surface area contributed by atoms with Gasteiger partial charge in [-0.3, -0.25) is 9.78 Å². The molecule has 0 aliphatic rings. The second-order valence-corrected chi connectivity index (χ2v) is 3.86. The molecule has 1 aromatic heterocycles. The standard InChI is InChI=1S/C14H12FNO2/c1-10-3-2-4-13(16-10)9-18-14-6-5-12(15)7-11(14)8-17/h2-8H,9H2,1H3. The Bertz CT molecular complexity index is 569. The monoisotopic (exact) mass is 245 g/mol. The van der Waals surface area contributed by atoms with Crippen molar-refractivity contribution in [2.45, 2.75) is 13.5 Å². The quantitative estimate of drug-likeness (QED) is 0.777. The normalized spacial score (nSPS) is 10.1. The molecule has 1 heterocycles. The number of ether oxygens (including phenoxy) is 1. The van der Waals surface area contributed by atoms with Crippen LogP contribution >= 0.6 is 0 Å². The fraction of sp³-hybridized carbons (Fsp3) is 0.143. The van der Waals surface area contributed by atoms with Crippen LogP contribution in [0.15, 0.2) is 36.4 Å². The average Bonchev–Trinajstić information content (AvgIpc) is 2.37. The summed E-state index contributed by atoms with van der Waals surface area (Å²) >= 11 is 0. The minimum atomic E-state index is -0.460. The van der Waals surface area contributed by atoms with Crippen LogP contribution in [0.3, 0.4) is 0 Å². The molecule has 4 heteroatoms. The number of hydrogen-bond donors (Lipinski definition) is 0. The lowest BCUT2D eigenvalue weighted by atomic mass is 10.2. The van der Waals surface area contributed by atoms with Crippen molar-refractivity contribution >= 4 is 6.29 Å². The lowest BCUT2D eigenvalue weighted by Crippen LogP contribution is -2.01. The third-order valence-corrected chi connectivity index (χ3v) is 2.42. The van der Waals surface area contributed by atoms with Crippen molar-refractivity contribution < 1.29 is 13.9 Å². The fourth-order valence-electron chi connectivity index (χ4n) is 1.57. The molecule has 0 spiro atoms. The predicted octanol–water partition coefficient (Wildman–Crippen LogP) is 2.92. The van der Waals surface area contributed by atoms with Crippen LogP contribution in [-0.4, -0.2) is 11.3 Å². The fourth-order valence-corrected chi connectivity index (χ4v) is 1.57. The maximum atomic E-state index is 12.9. The molecule has 18 heavy (non-hydrogen) atoms. The van der Waals surface area contributed by atoms with Gasteiger partial charge in [-0.1, -0.05) is 6.07 Å². The van der Waals surface area contributed by atoms with Crippen LogP contribution in [0.5, 0.6) is 5.75 Å². The zero-order valence-corrected chi connectivity index (χ0v) is 9.89. The van der Waals surface area contributed by atoms with Crippen molar-refractivity contribution in [3.8, 4) is 5.75 Å². The summed E-state index contributed by atoms with van der Waals surface area (Å²) in [6.45, 7) is 2.13. The van der Waals surface area contributed by atoms with Crippen molar-refractivity contribution in [2.75, 3.05) is 0 Å². The van der Waals surface area contributed by atoms with E-state index in [1.165, 1.54) is 12.1 Å². The molecule has 0 unspecified atom stereocenters. The summed E-state index contributed by atoms with van der Waals surface area (Å²) in [4.78, 5) is 15.1. The highest BCUT2D eigenvalue weighted by Crippen LogP contribution is 2.18. The first-order chi connectivity index (χ1) is 8.69. The molecule has 0 saturated carbocycles. The second-order valence-electron chi connectivity index (χ2n) is 3.86.